The van der Waals surface area contributed by atoms with E-state index in [1.54, 1.807) is 6.92 Å². The van der Waals surface area contributed by atoms with Crippen molar-refractivity contribution in [3.8, 4) is 5.75 Å². The number of aliphatic carboxylic acids is 1. The molecule has 1 saturated heterocycles. The van der Waals surface area contributed by atoms with Crippen molar-refractivity contribution in [2.45, 2.75) is 51.0 Å². The molecule has 1 fully saturated rings. The molecule has 124 valence electrons. The third kappa shape index (κ3) is 3.05. The molecule has 1 aromatic carbocycles. The fourth-order valence-electron chi connectivity index (χ4n) is 3.61. The first-order valence-corrected chi connectivity index (χ1v) is 8.29. The van der Waals surface area contributed by atoms with Crippen molar-refractivity contribution in [2.75, 3.05) is 13.2 Å². The first-order valence-electron chi connectivity index (χ1n) is 8.29. The summed E-state index contributed by atoms with van der Waals surface area (Å²) in [5, 5.41) is 9.37. The fraction of sp³-hybridized carbons (Fsp3) is 0.556. The van der Waals surface area contributed by atoms with Gasteiger partial charge in [0.1, 0.15) is 11.3 Å². The minimum Gasteiger partial charge on any atom is -0.484 e. The van der Waals surface area contributed by atoms with Crippen LogP contribution in [0, 0.1) is 0 Å². The lowest BCUT2D eigenvalue weighted by Gasteiger charge is -2.31. The number of rotatable bonds is 4. The molecule has 1 aliphatic heterocycles. The molecule has 1 amide bonds. The number of carbonyl (C=O) groups excluding carboxylic acids is 1. The Bertz CT molecular complexity index is 627. The van der Waals surface area contributed by atoms with Crippen LogP contribution in [0.1, 0.15) is 43.7 Å². The molecule has 2 aliphatic rings. The van der Waals surface area contributed by atoms with Crippen LogP contribution in [-0.2, 0) is 22.4 Å². The Balaban J connectivity index is 1.64. The summed E-state index contributed by atoms with van der Waals surface area (Å²) < 4.78 is 5.64. The first-order chi connectivity index (χ1) is 11.0. The average molecular weight is 317 g/mol. The van der Waals surface area contributed by atoms with Crippen LogP contribution in [0.15, 0.2) is 18.2 Å². The second-order valence-electron chi connectivity index (χ2n) is 6.65. The maximum absolute atomic E-state index is 12.4. The van der Waals surface area contributed by atoms with Gasteiger partial charge in [0.15, 0.2) is 6.61 Å². The largest absolute Gasteiger partial charge is 0.484 e. The van der Waals surface area contributed by atoms with Gasteiger partial charge in [-0.3, -0.25) is 4.79 Å². The second kappa shape index (κ2) is 6.22. The molecule has 1 heterocycles. The molecule has 1 aliphatic carbocycles. The predicted octanol–water partition coefficient (Wildman–Crippen LogP) is 2.41. The van der Waals surface area contributed by atoms with Gasteiger partial charge in [-0.1, -0.05) is 6.07 Å². The van der Waals surface area contributed by atoms with Crippen LogP contribution < -0.4 is 4.74 Å². The van der Waals surface area contributed by atoms with Gasteiger partial charge in [-0.15, -0.1) is 0 Å². The van der Waals surface area contributed by atoms with E-state index in [9.17, 15) is 14.7 Å². The number of benzene rings is 1. The van der Waals surface area contributed by atoms with Crippen molar-refractivity contribution in [3.63, 3.8) is 0 Å². The van der Waals surface area contributed by atoms with Crippen molar-refractivity contribution in [3.05, 3.63) is 29.3 Å². The standard InChI is InChI=1S/C18H23NO4/c1-18(17(21)22)9-4-10-19(18)16(20)12-23-15-8-7-13-5-2-3-6-14(13)11-15/h7-8,11H,2-6,9-10,12H2,1H3,(H,21,22). The Morgan fingerprint density at radius 3 is 2.70 bits per heavy atom. The maximum atomic E-state index is 12.4. The van der Waals surface area contributed by atoms with Crippen LogP contribution in [0.25, 0.3) is 0 Å². The Morgan fingerprint density at radius 1 is 1.22 bits per heavy atom. The highest BCUT2D eigenvalue weighted by atomic mass is 16.5. The van der Waals surface area contributed by atoms with Crippen molar-refractivity contribution < 1.29 is 19.4 Å². The summed E-state index contributed by atoms with van der Waals surface area (Å²) in [5.41, 5.74) is 1.57. The molecule has 5 nitrogen and oxygen atoms in total. The number of ether oxygens (including phenoxy) is 1. The van der Waals surface area contributed by atoms with Gasteiger partial charge >= 0.3 is 5.97 Å². The predicted molar refractivity (Wildman–Crippen MR) is 85.6 cm³/mol. The zero-order valence-electron chi connectivity index (χ0n) is 13.5. The van der Waals surface area contributed by atoms with Crippen LogP contribution in [0.2, 0.25) is 0 Å². The van der Waals surface area contributed by atoms with Crippen molar-refractivity contribution in [1.82, 2.24) is 4.90 Å². The van der Waals surface area contributed by atoms with E-state index in [-0.39, 0.29) is 12.5 Å². The molecule has 1 unspecified atom stereocenters. The molecule has 1 aromatic rings. The van der Waals surface area contributed by atoms with Gasteiger partial charge in [0.25, 0.3) is 5.91 Å². The average Bonchev–Trinajstić information content (AvgIpc) is 2.96. The van der Waals surface area contributed by atoms with E-state index < -0.39 is 11.5 Å². The summed E-state index contributed by atoms with van der Waals surface area (Å²) in [4.78, 5) is 25.2. The number of carboxylic acids is 1. The molecule has 0 bridgehead atoms. The molecule has 3 rings (SSSR count). The zero-order valence-corrected chi connectivity index (χ0v) is 13.5. The Morgan fingerprint density at radius 2 is 1.96 bits per heavy atom. The van der Waals surface area contributed by atoms with Gasteiger partial charge in [-0.05, 0) is 68.7 Å². The quantitative estimate of drug-likeness (QED) is 0.926. The van der Waals surface area contributed by atoms with Crippen molar-refractivity contribution in [2.24, 2.45) is 0 Å². The lowest BCUT2D eigenvalue weighted by Crippen LogP contribution is -2.52. The molecule has 23 heavy (non-hydrogen) atoms. The van der Waals surface area contributed by atoms with E-state index in [2.05, 4.69) is 6.07 Å². The summed E-state index contributed by atoms with van der Waals surface area (Å²) in [6, 6.07) is 5.99. The number of fused-ring (bicyclic) bond motifs is 1. The maximum Gasteiger partial charge on any atom is 0.329 e. The molecular formula is C18H23NO4. The number of nitrogens with zero attached hydrogens (tertiary/aromatic N) is 1. The lowest BCUT2D eigenvalue weighted by atomic mass is 9.92. The highest BCUT2D eigenvalue weighted by Crippen LogP contribution is 2.30. The number of carbonyl (C=O) groups is 2. The number of amides is 1. The molecule has 1 atom stereocenters. The van der Waals surface area contributed by atoms with E-state index in [0.29, 0.717) is 25.1 Å². The van der Waals surface area contributed by atoms with E-state index in [4.69, 9.17) is 4.74 Å². The van der Waals surface area contributed by atoms with Crippen molar-refractivity contribution in [1.29, 1.82) is 0 Å². The minimum absolute atomic E-state index is 0.109. The molecule has 0 spiro atoms. The van der Waals surface area contributed by atoms with Gasteiger partial charge in [-0.2, -0.15) is 0 Å². The van der Waals surface area contributed by atoms with E-state index in [0.717, 1.165) is 12.8 Å². The highest BCUT2D eigenvalue weighted by molar-refractivity contribution is 5.88. The number of hydrogen-bond acceptors (Lipinski definition) is 3. The summed E-state index contributed by atoms with van der Waals surface area (Å²) in [6.45, 7) is 1.98. The number of carboxylic acid groups (broad SMARTS) is 1. The van der Waals surface area contributed by atoms with Gasteiger partial charge < -0.3 is 14.7 Å². The van der Waals surface area contributed by atoms with Crippen LogP contribution in [-0.4, -0.2) is 40.6 Å². The fourth-order valence-corrected chi connectivity index (χ4v) is 3.61. The van der Waals surface area contributed by atoms with Crippen molar-refractivity contribution >= 4 is 11.9 Å². The monoisotopic (exact) mass is 317 g/mol. The van der Waals surface area contributed by atoms with Gasteiger partial charge in [0, 0.05) is 6.54 Å². The summed E-state index contributed by atoms with van der Waals surface area (Å²) in [5.74, 6) is -0.516. The van der Waals surface area contributed by atoms with E-state index >= 15 is 0 Å². The lowest BCUT2D eigenvalue weighted by molar-refractivity contribution is -0.156. The normalized spacial score (nSPS) is 23.4. The van der Waals surface area contributed by atoms with Gasteiger partial charge in [0.2, 0.25) is 0 Å². The van der Waals surface area contributed by atoms with E-state index in [1.807, 2.05) is 12.1 Å². The number of likely N-dealkylation sites (tertiary alicyclic amines) is 1. The third-order valence-corrected chi connectivity index (χ3v) is 5.09. The summed E-state index contributed by atoms with van der Waals surface area (Å²) >= 11 is 0. The first kappa shape index (κ1) is 15.8. The Kier molecular flexibility index (Phi) is 4.28. The highest BCUT2D eigenvalue weighted by Gasteiger charge is 2.45. The summed E-state index contributed by atoms with van der Waals surface area (Å²) in [7, 11) is 0. The zero-order chi connectivity index (χ0) is 16.4. The van der Waals surface area contributed by atoms with Crippen LogP contribution in [0.4, 0.5) is 0 Å². The van der Waals surface area contributed by atoms with E-state index in [1.165, 1.54) is 28.9 Å². The molecule has 1 N–H and O–H groups in total. The molecule has 0 saturated carbocycles. The Hall–Kier alpha value is -2.04. The van der Waals surface area contributed by atoms with Crippen LogP contribution in [0.3, 0.4) is 0 Å². The molecule has 5 heteroatoms. The van der Waals surface area contributed by atoms with Crippen LogP contribution in [0.5, 0.6) is 5.75 Å². The number of aryl methyl sites for hydroxylation is 2. The molecule has 0 aromatic heterocycles. The minimum atomic E-state index is -1.10. The SMILES string of the molecule is CC1(C(=O)O)CCCN1C(=O)COc1ccc2c(c1)CCCC2. The van der Waals surface area contributed by atoms with Gasteiger partial charge in [-0.25, -0.2) is 4.79 Å². The number of hydrogen-bond donors (Lipinski definition) is 1. The third-order valence-electron chi connectivity index (χ3n) is 5.09. The Labute approximate surface area is 136 Å². The molecule has 0 radical (unpaired) electrons. The topological polar surface area (TPSA) is 66.8 Å². The summed E-state index contributed by atoms with van der Waals surface area (Å²) in [6.07, 6.45) is 5.80. The van der Waals surface area contributed by atoms with Crippen LogP contribution >= 0.6 is 0 Å². The van der Waals surface area contributed by atoms with Gasteiger partial charge in [0.05, 0.1) is 0 Å². The molecular weight excluding hydrogens is 294 g/mol. The smallest absolute Gasteiger partial charge is 0.329 e. The second-order valence-corrected chi connectivity index (χ2v) is 6.65.